The molecule has 72 valence electrons. The molecule has 0 radical (unpaired) electrons. The van der Waals surface area contributed by atoms with Gasteiger partial charge in [0.25, 0.3) is 0 Å². The average Bonchev–Trinajstić information content (AvgIpc) is 1.96. The van der Waals surface area contributed by atoms with Crippen LogP contribution in [0.15, 0.2) is 12.2 Å². The van der Waals surface area contributed by atoms with Crippen LogP contribution in [0.3, 0.4) is 0 Å². The molecule has 1 unspecified atom stereocenters. The van der Waals surface area contributed by atoms with E-state index < -0.39 is 0 Å². The molecule has 0 N–H and O–H groups in total. The molecule has 0 nitrogen and oxygen atoms in total. The highest BCUT2D eigenvalue weighted by molar-refractivity contribution is 4.82. The summed E-state index contributed by atoms with van der Waals surface area (Å²) in [6.45, 7) is 11.5. The smallest absolute Gasteiger partial charge is 0.0348 e. The Morgan fingerprint density at radius 2 is 1.75 bits per heavy atom. The molecule has 0 aliphatic heterocycles. The van der Waals surface area contributed by atoms with Crippen molar-refractivity contribution in [1.82, 2.24) is 0 Å². The van der Waals surface area contributed by atoms with Crippen molar-refractivity contribution in [1.29, 1.82) is 0 Å². The molecular weight excluding hydrogens is 144 g/mol. The molecule has 1 atom stereocenters. The van der Waals surface area contributed by atoms with Crippen molar-refractivity contribution in [3.8, 4) is 0 Å². The first kappa shape index (κ1) is 11.7. The van der Waals surface area contributed by atoms with Gasteiger partial charge in [-0.05, 0) is 30.6 Å². The Bertz CT molecular complexity index is 125. The van der Waals surface area contributed by atoms with Crippen molar-refractivity contribution in [2.75, 3.05) is 0 Å². The van der Waals surface area contributed by atoms with Gasteiger partial charge in [-0.1, -0.05) is 46.8 Å². The summed E-state index contributed by atoms with van der Waals surface area (Å²) in [6.07, 6.45) is 8.30. The van der Waals surface area contributed by atoms with Gasteiger partial charge in [0.1, 0.15) is 0 Å². The van der Waals surface area contributed by atoms with Gasteiger partial charge in [0, 0.05) is 0 Å². The van der Waals surface area contributed by atoms with Crippen LogP contribution in [0, 0.1) is 11.3 Å². The molecule has 0 aromatic rings. The van der Waals surface area contributed by atoms with E-state index in [4.69, 9.17) is 0 Å². The minimum absolute atomic E-state index is 0.472. The standard InChI is InChI=1S/C12H24/c1-6-7-8-9-10-11(2)12(3,4)5/h7-8,11H,6,9-10H2,1-5H3/b8-7+. The van der Waals surface area contributed by atoms with Crippen LogP contribution < -0.4 is 0 Å². The second-order valence-corrected chi connectivity index (χ2v) is 4.72. The van der Waals surface area contributed by atoms with Crippen molar-refractivity contribution in [2.45, 2.75) is 53.9 Å². The minimum atomic E-state index is 0.472. The number of hydrogen-bond acceptors (Lipinski definition) is 0. The van der Waals surface area contributed by atoms with Crippen molar-refractivity contribution < 1.29 is 0 Å². The SMILES string of the molecule is CC/C=C/CCC(C)C(C)(C)C. The minimum Gasteiger partial charge on any atom is -0.0888 e. The molecule has 12 heavy (non-hydrogen) atoms. The Labute approximate surface area is 78.1 Å². The Kier molecular flexibility index (Phi) is 5.28. The van der Waals surface area contributed by atoms with Crippen LogP contribution in [0.25, 0.3) is 0 Å². The maximum atomic E-state index is 2.35. The van der Waals surface area contributed by atoms with Crippen LogP contribution >= 0.6 is 0 Å². The zero-order valence-corrected chi connectivity index (χ0v) is 9.35. The maximum absolute atomic E-state index is 2.35. The topological polar surface area (TPSA) is 0 Å². The largest absolute Gasteiger partial charge is 0.0888 e. The summed E-state index contributed by atoms with van der Waals surface area (Å²) in [5, 5.41) is 0. The average molecular weight is 168 g/mol. The van der Waals surface area contributed by atoms with Crippen molar-refractivity contribution in [3.05, 3.63) is 12.2 Å². The van der Waals surface area contributed by atoms with Gasteiger partial charge in [0.15, 0.2) is 0 Å². The number of hydrogen-bond donors (Lipinski definition) is 0. The predicted molar refractivity (Wildman–Crippen MR) is 57.3 cm³/mol. The van der Waals surface area contributed by atoms with E-state index in [0.717, 1.165) is 5.92 Å². The molecule has 0 bridgehead atoms. The molecule has 0 heterocycles. The lowest BCUT2D eigenvalue weighted by molar-refractivity contribution is 0.248. The summed E-state index contributed by atoms with van der Waals surface area (Å²) < 4.78 is 0. The van der Waals surface area contributed by atoms with Crippen LogP contribution in [0.1, 0.15) is 53.9 Å². The van der Waals surface area contributed by atoms with E-state index in [1.165, 1.54) is 19.3 Å². The highest BCUT2D eigenvalue weighted by atomic mass is 14.2. The van der Waals surface area contributed by atoms with Gasteiger partial charge in [0.05, 0.1) is 0 Å². The van der Waals surface area contributed by atoms with Crippen molar-refractivity contribution in [2.24, 2.45) is 11.3 Å². The van der Waals surface area contributed by atoms with Crippen LogP contribution in [0.5, 0.6) is 0 Å². The molecular formula is C12H24. The first-order valence-electron chi connectivity index (χ1n) is 5.13. The Morgan fingerprint density at radius 3 is 2.17 bits per heavy atom. The third kappa shape index (κ3) is 5.40. The maximum Gasteiger partial charge on any atom is -0.0348 e. The van der Waals surface area contributed by atoms with Gasteiger partial charge < -0.3 is 0 Å². The van der Waals surface area contributed by atoms with Crippen molar-refractivity contribution in [3.63, 3.8) is 0 Å². The summed E-state index contributed by atoms with van der Waals surface area (Å²) in [5.74, 6) is 0.819. The normalized spacial score (nSPS) is 15.4. The molecule has 0 spiro atoms. The monoisotopic (exact) mass is 168 g/mol. The zero-order valence-electron chi connectivity index (χ0n) is 9.35. The van der Waals surface area contributed by atoms with Gasteiger partial charge in [-0.25, -0.2) is 0 Å². The molecule has 0 saturated heterocycles. The Hall–Kier alpha value is -0.260. The molecule has 0 heteroatoms. The lowest BCUT2D eigenvalue weighted by Gasteiger charge is -2.26. The van der Waals surface area contributed by atoms with E-state index in [2.05, 4.69) is 46.8 Å². The molecule has 0 aromatic carbocycles. The van der Waals surface area contributed by atoms with Gasteiger partial charge >= 0.3 is 0 Å². The lowest BCUT2D eigenvalue weighted by atomic mass is 9.79. The third-order valence-electron chi connectivity index (χ3n) is 2.65. The summed E-state index contributed by atoms with van der Waals surface area (Å²) in [6, 6.07) is 0. The van der Waals surface area contributed by atoms with E-state index in [0.29, 0.717) is 5.41 Å². The quantitative estimate of drug-likeness (QED) is 0.545. The van der Waals surface area contributed by atoms with Gasteiger partial charge in [0.2, 0.25) is 0 Å². The predicted octanol–water partition coefficient (Wildman–Crippen LogP) is 4.42. The summed E-state index contributed by atoms with van der Waals surface area (Å²) in [7, 11) is 0. The number of allylic oxidation sites excluding steroid dienone is 2. The highest BCUT2D eigenvalue weighted by Gasteiger charge is 2.18. The molecule has 0 aromatic heterocycles. The highest BCUT2D eigenvalue weighted by Crippen LogP contribution is 2.28. The van der Waals surface area contributed by atoms with E-state index in [1.807, 2.05) is 0 Å². The number of rotatable bonds is 4. The van der Waals surface area contributed by atoms with Gasteiger partial charge in [-0.3, -0.25) is 0 Å². The fourth-order valence-electron chi connectivity index (χ4n) is 1.06. The lowest BCUT2D eigenvalue weighted by Crippen LogP contribution is -2.16. The van der Waals surface area contributed by atoms with Gasteiger partial charge in [-0.15, -0.1) is 0 Å². The zero-order chi connectivity index (χ0) is 9.61. The van der Waals surface area contributed by atoms with Gasteiger partial charge in [-0.2, -0.15) is 0 Å². The van der Waals surface area contributed by atoms with Crippen LogP contribution in [-0.2, 0) is 0 Å². The molecule has 0 saturated carbocycles. The summed E-state index contributed by atoms with van der Waals surface area (Å²) >= 11 is 0. The van der Waals surface area contributed by atoms with Crippen LogP contribution in [-0.4, -0.2) is 0 Å². The van der Waals surface area contributed by atoms with Crippen LogP contribution in [0.2, 0.25) is 0 Å². The summed E-state index contributed by atoms with van der Waals surface area (Å²) in [4.78, 5) is 0. The van der Waals surface area contributed by atoms with E-state index >= 15 is 0 Å². The van der Waals surface area contributed by atoms with E-state index in [9.17, 15) is 0 Å². The first-order chi connectivity index (χ1) is 5.48. The Balaban J connectivity index is 3.58. The van der Waals surface area contributed by atoms with Crippen molar-refractivity contribution >= 4 is 0 Å². The molecule has 0 amide bonds. The fourth-order valence-corrected chi connectivity index (χ4v) is 1.06. The second-order valence-electron chi connectivity index (χ2n) is 4.72. The molecule has 0 fully saturated rings. The first-order valence-corrected chi connectivity index (χ1v) is 5.13. The fraction of sp³-hybridized carbons (Fsp3) is 0.833. The molecule has 0 aliphatic rings. The third-order valence-corrected chi connectivity index (χ3v) is 2.65. The van der Waals surface area contributed by atoms with Crippen LogP contribution in [0.4, 0.5) is 0 Å². The van der Waals surface area contributed by atoms with E-state index in [1.54, 1.807) is 0 Å². The Morgan fingerprint density at radius 1 is 1.17 bits per heavy atom. The molecule has 0 rings (SSSR count). The summed E-state index contributed by atoms with van der Waals surface area (Å²) in [5.41, 5.74) is 0.472. The second kappa shape index (κ2) is 5.40. The molecule has 0 aliphatic carbocycles. The van der Waals surface area contributed by atoms with E-state index in [-0.39, 0.29) is 0 Å².